The van der Waals surface area contributed by atoms with Crippen molar-refractivity contribution in [3.63, 3.8) is 0 Å². The van der Waals surface area contributed by atoms with Crippen LogP contribution in [0.4, 0.5) is 0 Å². The quantitative estimate of drug-likeness (QED) is 0.739. The van der Waals surface area contributed by atoms with E-state index < -0.39 is 5.60 Å². The highest BCUT2D eigenvalue weighted by atomic mass is 32.1. The minimum Gasteiger partial charge on any atom is -0.446 e. The van der Waals surface area contributed by atoms with Gasteiger partial charge in [0.25, 0.3) is 5.91 Å². The number of aromatic nitrogens is 3. The monoisotopic (exact) mass is 370 g/mol. The number of nitrogens with zero attached hydrogens (tertiary/aromatic N) is 3. The molecule has 2 aliphatic rings. The van der Waals surface area contributed by atoms with Crippen molar-refractivity contribution in [1.82, 2.24) is 20.1 Å². The third kappa shape index (κ3) is 2.40. The van der Waals surface area contributed by atoms with Crippen molar-refractivity contribution >= 4 is 17.2 Å². The second-order valence-electron chi connectivity index (χ2n) is 7.06. The lowest BCUT2D eigenvalue weighted by Gasteiger charge is -2.42. The Hall–Kier alpha value is -2.45. The van der Waals surface area contributed by atoms with Gasteiger partial charge < -0.3 is 14.4 Å². The number of aliphatic hydroxyl groups is 1. The summed E-state index contributed by atoms with van der Waals surface area (Å²) in [6, 6.07) is 1.94. The van der Waals surface area contributed by atoms with Gasteiger partial charge in [-0.25, -0.2) is 4.98 Å². The third-order valence-corrected chi connectivity index (χ3v) is 6.44. The first-order valence-corrected chi connectivity index (χ1v) is 9.55. The van der Waals surface area contributed by atoms with E-state index in [1.165, 1.54) is 17.6 Å². The number of piperidine rings is 1. The highest BCUT2D eigenvalue weighted by Crippen LogP contribution is 2.46. The number of H-pyrrole nitrogens is 1. The minimum absolute atomic E-state index is 0.00965. The summed E-state index contributed by atoms with van der Waals surface area (Å²) in [5.41, 5.74) is 0.599. The van der Waals surface area contributed by atoms with Crippen molar-refractivity contribution in [2.45, 2.75) is 43.4 Å². The van der Waals surface area contributed by atoms with Gasteiger partial charge in [0.1, 0.15) is 11.9 Å². The molecule has 0 spiro atoms. The number of hydrogen-bond acceptors (Lipinski definition) is 6. The predicted molar refractivity (Wildman–Crippen MR) is 94.5 cm³/mol. The van der Waals surface area contributed by atoms with Crippen LogP contribution in [0.2, 0.25) is 0 Å². The molecule has 134 valence electrons. The van der Waals surface area contributed by atoms with E-state index in [0.29, 0.717) is 24.3 Å². The van der Waals surface area contributed by atoms with Crippen LogP contribution >= 0.6 is 11.3 Å². The van der Waals surface area contributed by atoms with Crippen molar-refractivity contribution in [3.8, 4) is 10.4 Å². The van der Waals surface area contributed by atoms with E-state index in [4.69, 9.17) is 4.42 Å². The maximum atomic E-state index is 13.1. The molecule has 26 heavy (non-hydrogen) atoms. The Morgan fingerprint density at radius 2 is 2.19 bits per heavy atom. The van der Waals surface area contributed by atoms with E-state index in [2.05, 4.69) is 15.2 Å². The Bertz CT molecular complexity index is 904. The molecule has 5 heterocycles. The molecular weight excluding hydrogens is 352 g/mol. The maximum absolute atomic E-state index is 13.1. The zero-order valence-electron chi connectivity index (χ0n) is 14.0. The van der Waals surface area contributed by atoms with Gasteiger partial charge in [-0.1, -0.05) is 0 Å². The average Bonchev–Trinajstić information content (AvgIpc) is 3.41. The van der Waals surface area contributed by atoms with Crippen molar-refractivity contribution in [2.75, 3.05) is 0 Å². The number of aromatic amines is 1. The molecule has 0 radical (unpaired) electrons. The summed E-state index contributed by atoms with van der Waals surface area (Å²) in [7, 11) is 0. The fourth-order valence-electron chi connectivity index (χ4n) is 4.32. The zero-order chi connectivity index (χ0) is 17.7. The lowest BCUT2D eigenvalue weighted by molar-refractivity contribution is -0.0651. The van der Waals surface area contributed by atoms with E-state index in [1.54, 1.807) is 12.4 Å². The lowest BCUT2D eigenvalue weighted by atomic mass is 9.85. The number of rotatable bonds is 3. The number of fused-ring (bicyclic) bond motifs is 2. The van der Waals surface area contributed by atoms with Crippen molar-refractivity contribution in [1.29, 1.82) is 0 Å². The first-order valence-electron chi connectivity index (χ1n) is 8.67. The van der Waals surface area contributed by atoms with Crippen LogP contribution in [0.5, 0.6) is 0 Å². The number of thiophene rings is 1. The molecule has 3 aromatic heterocycles. The van der Waals surface area contributed by atoms with Crippen LogP contribution in [0.3, 0.4) is 0 Å². The summed E-state index contributed by atoms with van der Waals surface area (Å²) in [6.45, 7) is 0. The first kappa shape index (κ1) is 15.8. The largest absolute Gasteiger partial charge is 0.446 e. The summed E-state index contributed by atoms with van der Waals surface area (Å²) < 4.78 is 5.35. The zero-order valence-corrected chi connectivity index (χ0v) is 14.8. The summed E-state index contributed by atoms with van der Waals surface area (Å²) >= 11 is 1.54. The molecule has 2 saturated heterocycles. The normalized spacial score (nSPS) is 27.8. The molecule has 5 rings (SSSR count). The van der Waals surface area contributed by atoms with Crippen LogP contribution in [0, 0.1) is 0 Å². The van der Waals surface area contributed by atoms with Crippen LogP contribution in [0.1, 0.15) is 41.9 Å². The molecule has 7 nitrogen and oxygen atoms in total. The second-order valence-corrected chi connectivity index (χ2v) is 7.97. The summed E-state index contributed by atoms with van der Waals surface area (Å²) in [6.07, 6.45) is 9.34. The molecule has 0 saturated carbocycles. The van der Waals surface area contributed by atoms with Gasteiger partial charge in [0.05, 0.1) is 18.0 Å². The molecule has 1 amide bonds. The third-order valence-electron chi connectivity index (χ3n) is 5.46. The van der Waals surface area contributed by atoms with Gasteiger partial charge in [0.2, 0.25) is 5.89 Å². The molecule has 2 fully saturated rings. The van der Waals surface area contributed by atoms with Gasteiger partial charge in [0.15, 0.2) is 0 Å². The number of oxazole rings is 1. The number of amides is 1. The van der Waals surface area contributed by atoms with Crippen LogP contribution in [0.15, 0.2) is 40.7 Å². The van der Waals surface area contributed by atoms with Crippen LogP contribution < -0.4 is 0 Å². The van der Waals surface area contributed by atoms with Crippen molar-refractivity contribution in [3.05, 3.63) is 47.8 Å². The number of carbonyl (C=O) groups excluding carboxylic acids is 1. The molecule has 2 aliphatic heterocycles. The molecular formula is C18H18N4O3S. The maximum Gasteiger partial charge on any atom is 0.255 e. The molecule has 8 heteroatoms. The standard InChI is InChI=1S/C18H18N4O3S/c23-16(11-5-15(26-10-11)12-8-20-21-9-12)22-13-1-2-14(22)7-18(24,6-13)17-19-3-4-25-17/h3-5,8-10,13-14,24H,1-2,6-7H2,(H,20,21). The van der Waals surface area contributed by atoms with Gasteiger partial charge in [-0.05, 0) is 18.9 Å². The van der Waals surface area contributed by atoms with Crippen molar-refractivity contribution < 1.29 is 14.3 Å². The second kappa shape index (κ2) is 5.78. The summed E-state index contributed by atoms with van der Waals surface area (Å²) in [5, 5.41) is 19.7. The van der Waals surface area contributed by atoms with Gasteiger partial charge in [-0.2, -0.15) is 5.10 Å². The Morgan fingerprint density at radius 3 is 2.85 bits per heavy atom. The van der Waals surface area contributed by atoms with Crippen LogP contribution in [0.25, 0.3) is 10.4 Å². The van der Waals surface area contributed by atoms with Crippen molar-refractivity contribution in [2.24, 2.45) is 0 Å². The summed E-state index contributed by atoms with van der Waals surface area (Å²) in [4.78, 5) is 20.2. The minimum atomic E-state index is -1.08. The number of hydrogen-bond donors (Lipinski definition) is 2. The summed E-state index contributed by atoms with van der Waals surface area (Å²) in [5.74, 6) is 0.400. The van der Waals surface area contributed by atoms with Crippen LogP contribution in [-0.4, -0.2) is 43.2 Å². The van der Waals surface area contributed by atoms with E-state index in [1.807, 2.05) is 22.5 Å². The highest BCUT2D eigenvalue weighted by Gasteiger charge is 2.52. The lowest BCUT2D eigenvalue weighted by Crippen LogP contribution is -2.52. The van der Waals surface area contributed by atoms with E-state index >= 15 is 0 Å². The fourth-order valence-corrected chi connectivity index (χ4v) is 5.18. The van der Waals surface area contributed by atoms with E-state index in [9.17, 15) is 9.90 Å². The number of nitrogens with one attached hydrogen (secondary N) is 1. The average molecular weight is 370 g/mol. The molecule has 2 atom stereocenters. The van der Waals surface area contributed by atoms with Gasteiger partial charge in [0, 0.05) is 46.9 Å². The molecule has 3 aromatic rings. The first-order chi connectivity index (χ1) is 12.6. The fraction of sp³-hybridized carbons (Fsp3) is 0.389. The predicted octanol–water partition coefficient (Wildman–Crippen LogP) is 2.78. The smallest absolute Gasteiger partial charge is 0.255 e. The Balaban J connectivity index is 1.39. The van der Waals surface area contributed by atoms with E-state index in [-0.39, 0.29) is 18.0 Å². The number of carbonyl (C=O) groups is 1. The molecule has 0 aliphatic carbocycles. The van der Waals surface area contributed by atoms with Gasteiger partial charge in [-0.15, -0.1) is 11.3 Å². The topological polar surface area (TPSA) is 95.2 Å². The van der Waals surface area contributed by atoms with Gasteiger partial charge >= 0.3 is 0 Å². The van der Waals surface area contributed by atoms with E-state index in [0.717, 1.165) is 23.3 Å². The SMILES string of the molecule is O=C(c1csc(-c2cn[nH]c2)c1)N1C2CCC1CC(O)(c1ncco1)C2. The van der Waals surface area contributed by atoms with Gasteiger partial charge in [-0.3, -0.25) is 9.89 Å². The Morgan fingerprint density at radius 1 is 1.38 bits per heavy atom. The van der Waals surface area contributed by atoms with Crippen LogP contribution in [-0.2, 0) is 5.60 Å². The Kier molecular flexibility index (Phi) is 3.51. The molecule has 2 unspecified atom stereocenters. The molecule has 2 N–H and O–H groups in total. The molecule has 2 bridgehead atoms. The molecule has 0 aromatic carbocycles. The highest BCUT2D eigenvalue weighted by molar-refractivity contribution is 7.13. The Labute approximate surface area is 153 Å².